The zero-order valence-electron chi connectivity index (χ0n) is 35.0. The minimum atomic E-state index is -0.593. The standard InChI is InChI=1S/C48H30O/c1-3-14-31(15-4-1)33-26-28-36-34(30-33)27-29-43-47-42(24-13-25-44(47)49-48(36)43)46-40-22-11-9-20-38(40)45(39-21-10-12-23-41(39)46)37-19-8-7-18-35(37)32-16-5-2-6-17-32/h1-30H/i2D,5D,6D,7D,8D,16D,17D,18D,19D. The molecule has 0 atom stereocenters. The van der Waals surface area contributed by atoms with Gasteiger partial charge in [0.1, 0.15) is 11.2 Å². The first kappa shape index (κ1) is 20.0. The lowest BCUT2D eigenvalue weighted by molar-refractivity contribution is 0.673. The van der Waals surface area contributed by atoms with Gasteiger partial charge < -0.3 is 4.42 Å². The molecule has 1 heteroatoms. The van der Waals surface area contributed by atoms with Crippen molar-refractivity contribution in [3.8, 4) is 44.5 Å². The van der Waals surface area contributed by atoms with Crippen molar-refractivity contribution < 1.29 is 16.8 Å². The zero-order chi connectivity index (χ0) is 40.1. The second kappa shape index (κ2) is 11.1. The van der Waals surface area contributed by atoms with E-state index in [2.05, 4.69) is 48.5 Å². The third kappa shape index (κ3) is 4.33. The van der Waals surface area contributed by atoms with E-state index in [0.717, 1.165) is 60.2 Å². The fourth-order valence-electron chi connectivity index (χ4n) is 7.38. The van der Waals surface area contributed by atoms with Crippen LogP contribution in [-0.2, 0) is 0 Å². The monoisotopic (exact) mass is 631 g/mol. The molecule has 0 spiro atoms. The molecule has 49 heavy (non-hydrogen) atoms. The van der Waals surface area contributed by atoms with Gasteiger partial charge in [-0.15, -0.1) is 0 Å². The molecule has 9 aromatic carbocycles. The molecule has 228 valence electrons. The predicted molar refractivity (Wildman–Crippen MR) is 208 cm³/mol. The van der Waals surface area contributed by atoms with Gasteiger partial charge in [-0.3, -0.25) is 0 Å². The minimum Gasteiger partial charge on any atom is -0.455 e. The topological polar surface area (TPSA) is 13.1 Å². The van der Waals surface area contributed by atoms with E-state index in [1.807, 2.05) is 78.9 Å². The van der Waals surface area contributed by atoms with Crippen molar-refractivity contribution in [3.63, 3.8) is 0 Å². The molecule has 1 aromatic heterocycles. The van der Waals surface area contributed by atoms with Crippen LogP contribution in [0.3, 0.4) is 0 Å². The fourth-order valence-corrected chi connectivity index (χ4v) is 7.38. The zero-order valence-corrected chi connectivity index (χ0v) is 26.0. The van der Waals surface area contributed by atoms with Crippen LogP contribution in [0.1, 0.15) is 12.3 Å². The molecule has 0 unspecified atom stereocenters. The highest BCUT2D eigenvalue weighted by atomic mass is 16.3. The summed E-state index contributed by atoms with van der Waals surface area (Å²) >= 11 is 0. The number of hydrogen-bond acceptors (Lipinski definition) is 1. The quantitative estimate of drug-likeness (QED) is 0.176. The van der Waals surface area contributed by atoms with E-state index in [4.69, 9.17) is 15.4 Å². The molecule has 0 N–H and O–H groups in total. The molecule has 0 saturated heterocycles. The number of benzene rings is 9. The van der Waals surface area contributed by atoms with Gasteiger partial charge in [-0.25, -0.2) is 0 Å². The first-order valence-electron chi connectivity index (χ1n) is 20.6. The smallest absolute Gasteiger partial charge is 0.143 e. The summed E-state index contributed by atoms with van der Waals surface area (Å²) in [5.41, 5.74) is 5.61. The van der Waals surface area contributed by atoms with Crippen LogP contribution in [-0.4, -0.2) is 0 Å². The molecule has 0 fully saturated rings. The number of rotatable bonds is 4. The first-order valence-corrected chi connectivity index (χ1v) is 16.1. The average molecular weight is 632 g/mol. The Morgan fingerprint density at radius 1 is 0.388 bits per heavy atom. The van der Waals surface area contributed by atoms with Crippen molar-refractivity contribution in [2.24, 2.45) is 0 Å². The Balaban J connectivity index is 1.31. The van der Waals surface area contributed by atoms with Crippen molar-refractivity contribution in [1.29, 1.82) is 0 Å². The van der Waals surface area contributed by atoms with Crippen molar-refractivity contribution >= 4 is 54.3 Å². The van der Waals surface area contributed by atoms with Gasteiger partial charge in [-0.2, -0.15) is 0 Å². The molecule has 0 aliphatic heterocycles. The summed E-state index contributed by atoms with van der Waals surface area (Å²) in [4.78, 5) is 0. The third-order valence-electron chi connectivity index (χ3n) is 9.47. The van der Waals surface area contributed by atoms with Gasteiger partial charge in [0.05, 0.1) is 12.3 Å². The van der Waals surface area contributed by atoms with E-state index in [-0.39, 0.29) is 22.7 Å². The second-order valence-electron chi connectivity index (χ2n) is 12.1. The molecule has 0 bridgehead atoms. The van der Waals surface area contributed by atoms with Crippen molar-refractivity contribution in [1.82, 2.24) is 0 Å². The molecular weight excluding hydrogens is 593 g/mol. The van der Waals surface area contributed by atoms with E-state index in [1.165, 1.54) is 0 Å². The Bertz CT molecular complexity index is 3300. The first-order chi connectivity index (χ1) is 28.1. The highest BCUT2D eigenvalue weighted by molar-refractivity contribution is 6.27. The molecule has 0 radical (unpaired) electrons. The van der Waals surface area contributed by atoms with Crippen LogP contribution in [0.15, 0.2) is 186 Å². The molecule has 10 rings (SSSR count). The lowest BCUT2D eigenvalue weighted by atomic mass is 9.83. The number of hydrogen-bond donors (Lipinski definition) is 0. The highest BCUT2D eigenvalue weighted by Crippen LogP contribution is 2.48. The van der Waals surface area contributed by atoms with Gasteiger partial charge in [-0.05, 0) is 95.7 Å². The summed E-state index contributed by atoms with van der Waals surface area (Å²) in [7, 11) is 0. The molecular formula is C48H30O. The molecule has 10 aromatic rings. The van der Waals surface area contributed by atoms with Crippen LogP contribution in [0.25, 0.3) is 98.8 Å². The molecule has 1 nitrogen and oxygen atoms in total. The number of fused-ring (bicyclic) bond motifs is 7. The van der Waals surface area contributed by atoms with Crippen molar-refractivity contribution in [3.05, 3.63) is 182 Å². The maximum absolute atomic E-state index is 9.37. The third-order valence-corrected chi connectivity index (χ3v) is 9.47. The van der Waals surface area contributed by atoms with Gasteiger partial charge in [-0.1, -0.05) is 158 Å². The SMILES string of the molecule is [2H]c1c([2H])c([2H])c(-c2c([2H])c([2H])c([2H])c([2H])c2-c2c3ccccc3c(-c3cccc4oc5c6ccc(-c7ccccc7)cc6ccc5c34)c3ccccc23)c([2H])c1[2H]. The highest BCUT2D eigenvalue weighted by Gasteiger charge is 2.22. The van der Waals surface area contributed by atoms with Crippen LogP contribution in [0, 0.1) is 0 Å². The molecule has 1 heterocycles. The maximum atomic E-state index is 9.37. The Labute approximate surface area is 297 Å². The van der Waals surface area contributed by atoms with Crippen LogP contribution in [0.5, 0.6) is 0 Å². The molecule has 0 aliphatic rings. The van der Waals surface area contributed by atoms with E-state index < -0.39 is 48.3 Å². The average Bonchev–Trinajstić information content (AvgIpc) is 3.65. The summed E-state index contributed by atoms with van der Waals surface area (Å²) in [5, 5.41) is 6.84. The Morgan fingerprint density at radius 3 is 1.71 bits per heavy atom. The van der Waals surface area contributed by atoms with E-state index >= 15 is 0 Å². The van der Waals surface area contributed by atoms with E-state index in [9.17, 15) is 1.37 Å². The van der Waals surface area contributed by atoms with Crippen molar-refractivity contribution in [2.75, 3.05) is 0 Å². The molecule has 0 aliphatic carbocycles. The van der Waals surface area contributed by atoms with E-state index in [1.54, 1.807) is 0 Å². The summed E-state index contributed by atoms with van der Waals surface area (Å²) in [6.07, 6.45) is 0. The largest absolute Gasteiger partial charge is 0.455 e. The summed E-state index contributed by atoms with van der Waals surface area (Å²) < 4.78 is 85.6. The van der Waals surface area contributed by atoms with Gasteiger partial charge >= 0.3 is 0 Å². The van der Waals surface area contributed by atoms with Gasteiger partial charge in [0, 0.05) is 16.2 Å². The Morgan fingerprint density at radius 2 is 1.00 bits per heavy atom. The normalized spacial score (nSPS) is 14.2. The molecule has 0 saturated carbocycles. The van der Waals surface area contributed by atoms with Gasteiger partial charge in [0.2, 0.25) is 0 Å². The summed E-state index contributed by atoms with van der Waals surface area (Å²) in [6, 6.07) is 37.4. The Hall–Kier alpha value is -6.44. The Kier molecular flexibility index (Phi) is 4.53. The van der Waals surface area contributed by atoms with Crippen molar-refractivity contribution in [2.45, 2.75) is 0 Å². The summed E-state index contributed by atoms with van der Waals surface area (Å²) in [6.45, 7) is 0. The van der Waals surface area contributed by atoms with Crippen LogP contribution >= 0.6 is 0 Å². The van der Waals surface area contributed by atoms with Crippen LogP contribution in [0.2, 0.25) is 0 Å². The summed E-state index contributed by atoms with van der Waals surface area (Å²) in [5.74, 6) is 0. The van der Waals surface area contributed by atoms with Crippen LogP contribution in [0.4, 0.5) is 0 Å². The lowest BCUT2D eigenvalue weighted by Crippen LogP contribution is -1.93. The van der Waals surface area contributed by atoms with Crippen LogP contribution < -0.4 is 0 Å². The molecule has 0 amide bonds. The lowest BCUT2D eigenvalue weighted by Gasteiger charge is -2.20. The van der Waals surface area contributed by atoms with E-state index in [0.29, 0.717) is 21.9 Å². The second-order valence-corrected chi connectivity index (χ2v) is 12.1. The van der Waals surface area contributed by atoms with Gasteiger partial charge in [0.25, 0.3) is 0 Å². The maximum Gasteiger partial charge on any atom is 0.143 e. The number of furan rings is 1. The predicted octanol–water partition coefficient (Wildman–Crippen LogP) is 13.7. The fraction of sp³-hybridized carbons (Fsp3) is 0. The minimum absolute atomic E-state index is 0.0526. The van der Waals surface area contributed by atoms with Gasteiger partial charge in [0.15, 0.2) is 0 Å².